The number of carbonyl (C=O) groups excluding carboxylic acids is 1. The van der Waals surface area contributed by atoms with E-state index in [1.165, 1.54) is 16.7 Å². The number of amides is 1. The first-order valence-corrected chi connectivity index (χ1v) is 8.87. The molecule has 1 aromatic heterocycles. The molecule has 6 heteroatoms. The minimum atomic E-state index is -0.130. The topological polar surface area (TPSA) is 55.2 Å². The van der Waals surface area contributed by atoms with E-state index in [2.05, 4.69) is 4.98 Å². The van der Waals surface area contributed by atoms with Gasteiger partial charge in [0.25, 0.3) is 5.56 Å². The number of aromatic nitrogens is 2. The van der Waals surface area contributed by atoms with Gasteiger partial charge in [0, 0.05) is 14.1 Å². The largest absolute Gasteiger partial charge is 0.348 e. The molecular weight excluding hydrogens is 334 g/mol. The molecule has 0 fully saturated rings. The second-order valence-electron chi connectivity index (χ2n) is 5.96. The summed E-state index contributed by atoms with van der Waals surface area (Å²) in [6.07, 6.45) is 0. The molecule has 0 aliphatic carbocycles. The van der Waals surface area contributed by atoms with Crippen molar-refractivity contribution >= 4 is 28.6 Å². The molecule has 0 saturated carbocycles. The van der Waals surface area contributed by atoms with E-state index in [0.29, 0.717) is 16.1 Å². The fraction of sp³-hybridized carbons (Fsp3) is 0.211. The molecule has 25 heavy (non-hydrogen) atoms. The summed E-state index contributed by atoms with van der Waals surface area (Å²) in [7, 11) is 3.42. The SMILES string of the molecule is Cc1ccc(-n2c(SCC(=O)N(C)C)nc3ccccc3c2=O)cc1. The average molecular weight is 353 g/mol. The lowest BCUT2D eigenvalue weighted by molar-refractivity contribution is -0.125. The number of nitrogens with zero attached hydrogens (tertiary/aromatic N) is 3. The number of para-hydroxylation sites is 1. The maximum Gasteiger partial charge on any atom is 0.266 e. The predicted molar refractivity (Wildman–Crippen MR) is 101 cm³/mol. The number of thioether (sulfide) groups is 1. The lowest BCUT2D eigenvalue weighted by Crippen LogP contribution is -2.25. The van der Waals surface area contributed by atoms with Gasteiger partial charge in [-0.2, -0.15) is 0 Å². The molecule has 0 atom stereocenters. The van der Waals surface area contributed by atoms with E-state index in [1.54, 1.807) is 24.7 Å². The Morgan fingerprint density at radius 1 is 1.12 bits per heavy atom. The van der Waals surface area contributed by atoms with Gasteiger partial charge in [-0.25, -0.2) is 4.98 Å². The molecule has 5 nitrogen and oxygen atoms in total. The van der Waals surface area contributed by atoms with Crippen molar-refractivity contribution in [3.8, 4) is 5.69 Å². The van der Waals surface area contributed by atoms with E-state index in [9.17, 15) is 9.59 Å². The Morgan fingerprint density at radius 2 is 1.80 bits per heavy atom. The van der Waals surface area contributed by atoms with Gasteiger partial charge in [-0.05, 0) is 31.2 Å². The molecule has 3 aromatic rings. The van der Waals surface area contributed by atoms with E-state index in [0.717, 1.165) is 11.3 Å². The monoisotopic (exact) mass is 353 g/mol. The van der Waals surface area contributed by atoms with Gasteiger partial charge in [0.2, 0.25) is 5.91 Å². The summed E-state index contributed by atoms with van der Waals surface area (Å²) in [5.74, 6) is 0.201. The van der Waals surface area contributed by atoms with Crippen LogP contribution in [0.3, 0.4) is 0 Å². The first-order valence-electron chi connectivity index (χ1n) is 7.89. The van der Waals surface area contributed by atoms with Gasteiger partial charge in [0.1, 0.15) is 0 Å². The van der Waals surface area contributed by atoms with E-state index in [-0.39, 0.29) is 17.2 Å². The van der Waals surface area contributed by atoms with E-state index >= 15 is 0 Å². The van der Waals surface area contributed by atoms with Gasteiger partial charge < -0.3 is 4.90 Å². The quantitative estimate of drug-likeness (QED) is 0.535. The van der Waals surface area contributed by atoms with Crippen LogP contribution in [0.15, 0.2) is 58.5 Å². The molecule has 0 N–H and O–H groups in total. The average Bonchev–Trinajstić information content (AvgIpc) is 2.61. The highest BCUT2D eigenvalue weighted by Gasteiger charge is 2.15. The van der Waals surface area contributed by atoms with Crippen molar-refractivity contribution in [3.05, 3.63) is 64.4 Å². The van der Waals surface area contributed by atoms with Crippen molar-refractivity contribution in [1.82, 2.24) is 14.5 Å². The van der Waals surface area contributed by atoms with Crippen molar-refractivity contribution in [2.24, 2.45) is 0 Å². The standard InChI is InChI=1S/C19H19N3O2S/c1-13-8-10-14(11-9-13)22-18(24)15-6-4-5-7-16(15)20-19(22)25-12-17(23)21(2)3/h4-11H,12H2,1-3H3. The van der Waals surface area contributed by atoms with Gasteiger partial charge in [-0.1, -0.05) is 41.6 Å². The molecule has 3 rings (SSSR count). The fourth-order valence-corrected chi connectivity index (χ4v) is 3.38. The number of hydrogen-bond donors (Lipinski definition) is 0. The molecule has 0 aliphatic heterocycles. The second-order valence-corrected chi connectivity index (χ2v) is 6.91. The number of aryl methyl sites for hydroxylation is 1. The molecule has 0 spiro atoms. The van der Waals surface area contributed by atoms with Crippen LogP contribution in [-0.2, 0) is 4.79 Å². The summed E-state index contributed by atoms with van der Waals surface area (Å²) >= 11 is 1.27. The molecule has 0 unspecified atom stereocenters. The number of benzene rings is 2. The third-order valence-electron chi connectivity index (χ3n) is 3.86. The summed E-state index contributed by atoms with van der Waals surface area (Å²) in [6.45, 7) is 2.00. The van der Waals surface area contributed by atoms with Crippen LogP contribution in [0, 0.1) is 6.92 Å². The van der Waals surface area contributed by atoms with Gasteiger partial charge in [-0.3, -0.25) is 14.2 Å². The Kier molecular flexibility index (Phi) is 4.90. The number of fused-ring (bicyclic) bond motifs is 1. The maximum atomic E-state index is 13.0. The van der Waals surface area contributed by atoms with Crippen molar-refractivity contribution in [3.63, 3.8) is 0 Å². The van der Waals surface area contributed by atoms with Gasteiger partial charge >= 0.3 is 0 Å². The third kappa shape index (κ3) is 3.58. The van der Waals surface area contributed by atoms with Crippen molar-refractivity contribution < 1.29 is 4.79 Å². The number of hydrogen-bond acceptors (Lipinski definition) is 4. The number of carbonyl (C=O) groups is 1. The summed E-state index contributed by atoms with van der Waals surface area (Å²) in [6, 6.07) is 15.0. The Bertz CT molecular complexity index is 978. The summed E-state index contributed by atoms with van der Waals surface area (Å²) in [5.41, 5.74) is 2.36. The lowest BCUT2D eigenvalue weighted by Gasteiger charge is -2.14. The van der Waals surface area contributed by atoms with Gasteiger partial charge in [-0.15, -0.1) is 0 Å². The first-order chi connectivity index (χ1) is 12.0. The summed E-state index contributed by atoms with van der Waals surface area (Å²) < 4.78 is 1.58. The van der Waals surface area contributed by atoms with Crippen molar-refractivity contribution in [2.45, 2.75) is 12.1 Å². The molecular formula is C19H19N3O2S. The van der Waals surface area contributed by atoms with Gasteiger partial charge in [0.05, 0.1) is 22.3 Å². The van der Waals surface area contributed by atoms with E-state index in [4.69, 9.17) is 0 Å². The van der Waals surface area contributed by atoms with Crippen molar-refractivity contribution in [1.29, 1.82) is 0 Å². The zero-order valence-electron chi connectivity index (χ0n) is 14.4. The molecule has 128 valence electrons. The highest BCUT2D eigenvalue weighted by molar-refractivity contribution is 7.99. The Morgan fingerprint density at radius 3 is 2.48 bits per heavy atom. The zero-order chi connectivity index (χ0) is 18.0. The first kappa shape index (κ1) is 17.2. The normalized spacial score (nSPS) is 10.8. The Labute approximate surface area is 150 Å². The highest BCUT2D eigenvalue weighted by Crippen LogP contribution is 2.21. The molecule has 1 amide bonds. The van der Waals surface area contributed by atoms with Crippen LogP contribution in [0.1, 0.15) is 5.56 Å². The number of rotatable bonds is 4. The smallest absolute Gasteiger partial charge is 0.266 e. The van der Waals surface area contributed by atoms with Crippen LogP contribution >= 0.6 is 11.8 Å². The lowest BCUT2D eigenvalue weighted by atomic mass is 10.2. The Balaban J connectivity index is 2.15. The van der Waals surface area contributed by atoms with Crippen molar-refractivity contribution in [2.75, 3.05) is 19.8 Å². The van der Waals surface area contributed by atoms with E-state index in [1.807, 2.05) is 49.4 Å². The molecule has 0 radical (unpaired) electrons. The molecule has 0 saturated heterocycles. The maximum absolute atomic E-state index is 13.0. The van der Waals surface area contributed by atoms with Crippen LogP contribution < -0.4 is 5.56 Å². The summed E-state index contributed by atoms with van der Waals surface area (Å²) in [5, 5.41) is 1.08. The highest BCUT2D eigenvalue weighted by atomic mass is 32.2. The van der Waals surface area contributed by atoms with Crippen LogP contribution in [0.25, 0.3) is 16.6 Å². The second kappa shape index (κ2) is 7.11. The third-order valence-corrected chi connectivity index (χ3v) is 4.78. The minimum Gasteiger partial charge on any atom is -0.348 e. The summed E-state index contributed by atoms with van der Waals surface area (Å²) in [4.78, 5) is 31.1. The molecule has 2 aromatic carbocycles. The molecule has 1 heterocycles. The van der Waals surface area contributed by atoms with Crippen LogP contribution in [0.5, 0.6) is 0 Å². The van der Waals surface area contributed by atoms with Gasteiger partial charge in [0.15, 0.2) is 5.16 Å². The van der Waals surface area contributed by atoms with Crippen LogP contribution in [0.2, 0.25) is 0 Å². The minimum absolute atomic E-state index is 0.0251. The zero-order valence-corrected chi connectivity index (χ0v) is 15.2. The van der Waals surface area contributed by atoms with Crippen LogP contribution in [0.4, 0.5) is 0 Å². The van der Waals surface area contributed by atoms with Crippen LogP contribution in [-0.4, -0.2) is 40.2 Å². The fourth-order valence-electron chi connectivity index (χ4n) is 2.39. The molecule has 0 bridgehead atoms. The molecule has 0 aliphatic rings. The Hall–Kier alpha value is -2.60. The van der Waals surface area contributed by atoms with E-state index < -0.39 is 0 Å². The predicted octanol–water partition coefficient (Wildman–Crippen LogP) is 2.87.